The number of benzene rings is 1. The number of hydrogen-bond acceptors (Lipinski definition) is 2. The summed E-state index contributed by atoms with van der Waals surface area (Å²) in [4.78, 5) is 0.844. The minimum atomic E-state index is -4.39. The van der Waals surface area contributed by atoms with Crippen LogP contribution in [0.5, 0.6) is 0 Å². The van der Waals surface area contributed by atoms with E-state index >= 15 is 0 Å². The summed E-state index contributed by atoms with van der Waals surface area (Å²) in [7, 11) is 0. The van der Waals surface area contributed by atoms with Crippen molar-refractivity contribution in [3.8, 4) is 0 Å². The molecule has 0 spiro atoms. The van der Waals surface area contributed by atoms with E-state index in [1.165, 1.54) is 17.4 Å². The summed E-state index contributed by atoms with van der Waals surface area (Å²) in [6.07, 6.45) is -4.39. The molecule has 2 aromatic rings. The van der Waals surface area contributed by atoms with Gasteiger partial charge in [-0.3, -0.25) is 0 Å². The van der Waals surface area contributed by atoms with Gasteiger partial charge in [0.05, 0.1) is 15.4 Å². The highest BCUT2D eigenvalue weighted by molar-refractivity contribution is 9.11. The second kappa shape index (κ2) is 6.81. The molecule has 1 aromatic heterocycles. The maximum Gasteiger partial charge on any atom is 0.416 e. The van der Waals surface area contributed by atoms with Crippen LogP contribution >= 0.6 is 43.2 Å². The lowest BCUT2D eigenvalue weighted by atomic mass is 9.98. The van der Waals surface area contributed by atoms with Crippen molar-refractivity contribution in [3.05, 3.63) is 54.6 Å². The molecule has 7 heteroatoms. The third-order valence-corrected chi connectivity index (χ3v) is 5.10. The predicted octanol–water partition coefficient (Wildman–Crippen LogP) is 5.99. The van der Waals surface area contributed by atoms with Crippen molar-refractivity contribution in [2.45, 2.75) is 19.1 Å². The summed E-state index contributed by atoms with van der Waals surface area (Å²) < 4.78 is 41.2. The second-order valence-electron chi connectivity index (χ2n) is 4.36. The first-order valence-corrected chi connectivity index (χ1v) is 8.58. The highest BCUT2D eigenvalue weighted by atomic mass is 79.9. The molecule has 0 aliphatic carbocycles. The van der Waals surface area contributed by atoms with Gasteiger partial charge in [0.1, 0.15) is 0 Å². The molecule has 1 N–H and O–H groups in total. The van der Waals surface area contributed by atoms with Gasteiger partial charge in [-0.1, -0.05) is 28.9 Å². The van der Waals surface area contributed by atoms with Gasteiger partial charge in [0.25, 0.3) is 0 Å². The Bertz CT molecular complexity index is 625. The zero-order valence-corrected chi connectivity index (χ0v) is 15.0. The van der Waals surface area contributed by atoms with Gasteiger partial charge in [-0.2, -0.15) is 13.2 Å². The first-order chi connectivity index (χ1) is 9.82. The summed E-state index contributed by atoms with van der Waals surface area (Å²) in [5.41, 5.74) is -0.380. The summed E-state index contributed by atoms with van der Waals surface area (Å²) in [6.45, 7) is 2.45. The van der Waals surface area contributed by atoms with Gasteiger partial charge in [-0.05, 0) is 52.3 Å². The van der Waals surface area contributed by atoms with Gasteiger partial charge in [0, 0.05) is 9.35 Å². The summed E-state index contributed by atoms with van der Waals surface area (Å²) in [6, 6.07) is 7.49. The zero-order chi connectivity index (χ0) is 15.6. The molecule has 1 heterocycles. The quantitative estimate of drug-likeness (QED) is 0.613. The highest BCUT2D eigenvalue weighted by Gasteiger charge is 2.36. The molecule has 2 rings (SSSR count). The van der Waals surface area contributed by atoms with Crippen molar-refractivity contribution < 1.29 is 13.2 Å². The van der Waals surface area contributed by atoms with E-state index in [1.54, 1.807) is 6.07 Å². The molecule has 0 bridgehead atoms. The molecular weight excluding hydrogens is 431 g/mol. The number of nitrogens with one attached hydrogen (secondary N) is 1. The maximum absolute atomic E-state index is 13.3. The third kappa shape index (κ3) is 4.09. The van der Waals surface area contributed by atoms with E-state index < -0.39 is 17.8 Å². The van der Waals surface area contributed by atoms with E-state index in [0.29, 0.717) is 11.0 Å². The molecule has 1 atom stereocenters. The van der Waals surface area contributed by atoms with Gasteiger partial charge >= 0.3 is 6.18 Å². The topological polar surface area (TPSA) is 12.0 Å². The van der Waals surface area contributed by atoms with E-state index in [-0.39, 0.29) is 5.56 Å². The Morgan fingerprint density at radius 1 is 1.19 bits per heavy atom. The molecule has 0 amide bonds. The molecular formula is C14H12Br2F3NS. The fraction of sp³-hybridized carbons (Fsp3) is 0.286. The number of alkyl halides is 3. The van der Waals surface area contributed by atoms with Crippen LogP contribution in [0, 0.1) is 0 Å². The van der Waals surface area contributed by atoms with Crippen LogP contribution in [0.3, 0.4) is 0 Å². The standard InChI is InChI=1S/C14H12Br2F3NS/c1-2-20-13(11-5-6-12(16)21-11)9-4-3-8(15)7-10(9)14(17,18)19/h3-7,13,20H,2H2,1H3. The Kier molecular flexibility index (Phi) is 5.51. The molecule has 114 valence electrons. The minimum Gasteiger partial charge on any atom is -0.306 e. The van der Waals surface area contributed by atoms with E-state index in [1.807, 2.05) is 19.1 Å². The molecule has 0 saturated heterocycles. The molecule has 0 radical (unpaired) electrons. The van der Waals surface area contributed by atoms with Crippen molar-refractivity contribution in [2.75, 3.05) is 6.54 Å². The lowest BCUT2D eigenvalue weighted by Crippen LogP contribution is -2.24. The molecule has 0 aliphatic rings. The van der Waals surface area contributed by atoms with Gasteiger partial charge < -0.3 is 5.32 Å². The molecule has 1 unspecified atom stereocenters. The van der Waals surface area contributed by atoms with Gasteiger partial charge in [0.2, 0.25) is 0 Å². The number of rotatable bonds is 4. The number of thiophene rings is 1. The van der Waals surface area contributed by atoms with E-state index in [0.717, 1.165) is 14.7 Å². The van der Waals surface area contributed by atoms with Crippen LogP contribution in [0.25, 0.3) is 0 Å². The smallest absolute Gasteiger partial charge is 0.306 e. The Morgan fingerprint density at radius 2 is 1.90 bits per heavy atom. The largest absolute Gasteiger partial charge is 0.416 e. The van der Waals surface area contributed by atoms with Gasteiger partial charge in [-0.15, -0.1) is 11.3 Å². The Labute approximate surface area is 141 Å². The average Bonchev–Trinajstić information content (AvgIpc) is 2.82. The fourth-order valence-electron chi connectivity index (χ4n) is 2.08. The van der Waals surface area contributed by atoms with Gasteiger partial charge in [-0.25, -0.2) is 0 Å². The van der Waals surface area contributed by atoms with Crippen molar-refractivity contribution >= 4 is 43.2 Å². The van der Waals surface area contributed by atoms with Crippen LogP contribution in [0.4, 0.5) is 13.2 Å². The first kappa shape index (κ1) is 17.0. The third-order valence-electron chi connectivity index (χ3n) is 2.92. The van der Waals surface area contributed by atoms with E-state index in [4.69, 9.17) is 0 Å². The fourth-order valence-corrected chi connectivity index (χ4v) is 3.96. The maximum atomic E-state index is 13.3. The summed E-state index contributed by atoms with van der Waals surface area (Å²) >= 11 is 7.90. The van der Waals surface area contributed by atoms with Crippen LogP contribution in [0.15, 0.2) is 38.6 Å². The normalized spacial score (nSPS) is 13.4. The van der Waals surface area contributed by atoms with Crippen LogP contribution in [0.1, 0.15) is 29.0 Å². The molecule has 0 saturated carbocycles. The average molecular weight is 443 g/mol. The Morgan fingerprint density at radius 3 is 2.43 bits per heavy atom. The number of hydrogen-bond donors (Lipinski definition) is 1. The predicted molar refractivity (Wildman–Crippen MR) is 86.7 cm³/mol. The minimum absolute atomic E-state index is 0.238. The zero-order valence-electron chi connectivity index (χ0n) is 11.0. The van der Waals surface area contributed by atoms with Crippen LogP contribution < -0.4 is 5.32 Å². The van der Waals surface area contributed by atoms with E-state index in [9.17, 15) is 13.2 Å². The number of halogens is 5. The summed E-state index contributed by atoms with van der Waals surface area (Å²) in [5, 5.41) is 3.13. The van der Waals surface area contributed by atoms with Crippen LogP contribution in [-0.4, -0.2) is 6.54 Å². The summed E-state index contributed by atoms with van der Waals surface area (Å²) in [5.74, 6) is 0. The highest BCUT2D eigenvalue weighted by Crippen LogP contribution is 2.40. The monoisotopic (exact) mass is 441 g/mol. The lowest BCUT2D eigenvalue weighted by Gasteiger charge is -2.22. The molecule has 1 nitrogen and oxygen atoms in total. The molecule has 0 aliphatic heterocycles. The molecule has 0 fully saturated rings. The van der Waals surface area contributed by atoms with Crippen LogP contribution in [-0.2, 0) is 6.18 Å². The molecule has 21 heavy (non-hydrogen) atoms. The Hall–Kier alpha value is -0.370. The first-order valence-electron chi connectivity index (χ1n) is 6.18. The van der Waals surface area contributed by atoms with Crippen molar-refractivity contribution in [1.29, 1.82) is 0 Å². The lowest BCUT2D eigenvalue weighted by molar-refractivity contribution is -0.138. The Balaban J connectivity index is 2.55. The second-order valence-corrected chi connectivity index (χ2v) is 7.77. The van der Waals surface area contributed by atoms with Crippen molar-refractivity contribution in [1.82, 2.24) is 5.32 Å². The van der Waals surface area contributed by atoms with Gasteiger partial charge in [0.15, 0.2) is 0 Å². The van der Waals surface area contributed by atoms with Crippen molar-refractivity contribution in [2.24, 2.45) is 0 Å². The van der Waals surface area contributed by atoms with E-state index in [2.05, 4.69) is 37.2 Å². The SMILES string of the molecule is CCNC(c1ccc(Br)s1)c1ccc(Br)cc1C(F)(F)F. The van der Waals surface area contributed by atoms with Crippen LogP contribution in [0.2, 0.25) is 0 Å². The molecule has 1 aromatic carbocycles. The van der Waals surface area contributed by atoms with Crippen molar-refractivity contribution in [3.63, 3.8) is 0 Å².